The monoisotopic (exact) mass is 373 g/mol. The Morgan fingerprint density at radius 1 is 1.26 bits per heavy atom. The molecule has 0 spiro atoms. The van der Waals surface area contributed by atoms with Gasteiger partial charge in [-0.15, -0.1) is 0 Å². The van der Waals surface area contributed by atoms with Crippen molar-refractivity contribution in [3.05, 3.63) is 35.4 Å². The highest BCUT2D eigenvalue weighted by molar-refractivity contribution is 5.76. The van der Waals surface area contributed by atoms with Gasteiger partial charge in [-0.1, -0.05) is 31.2 Å². The van der Waals surface area contributed by atoms with Crippen LogP contribution in [0.2, 0.25) is 0 Å². The summed E-state index contributed by atoms with van der Waals surface area (Å²) >= 11 is 0. The van der Waals surface area contributed by atoms with Gasteiger partial charge in [-0.05, 0) is 61.7 Å². The van der Waals surface area contributed by atoms with Crippen LogP contribution < -0.4 is 10.6 Å². The van der Waals surface area contributed by atoms with E-state index in [1.807, 2.05) is 6.07 Å². The standard InChI is InChI=1S/C22H35N3O2/c1-17(18-7-4-10-23-14-18)13-22(27)24-15-19-5-2-3-6-20(19)16-25-11-8-21(26)9-12-25/h2-3,5-6,17-18,21,23,26H,4,7-16H2,1H3,(H,24,27). The summed E-state index contributed by atoms with van der Waals surface area (Å²) in [5.41, 5.74) is 2.47. The van der Waals surface area contributed by atoms with Gasteiger partial charge < -0.3 is 15.7 Å². The third-order valence-electron chi connectivity index (χ3n) is 6.19. The quantitative estimate of drug-likeness (QED) is 0.686. The van der Waals surface area contributed by atoms with Gasteiger partial charge in [-0.3, -0.25) is 9.69 Å². The van der Waals surface area contributed by atoms with E-state index in [9.17, 15) is 9.90 Å². The third kappa shape index (κ3) is 6.30. The van der Waals surface area contributed by atoms with E-state index in [1.54, 1.807) is 0 Å². The number of aliphatic hydroxyl groups excluding tert-OH is 1. The molecule has 2 aliphatic rings. The van der Waals surface area contributed by atoms with Crippen LogP contribution in [-0.4, -0.2) is 48.2 Å². The highest BCUT2D eigenvalue weighted by Gasteiger charge is 2.22. The molecule has 27 heavy (non-hydrogen) atoms. The number of benzene rings is 1. The Morgan fingerprint density at radius 3 is 2.70 bits per heavy atom. The van der Waals surface area contributed by atoms with Crippen LogP contribution in [0.4, 0.5) is 0 Å². The highest BCUT2D eigenvalue weighted by Crippen LogP contribution is 2.22. The number of nitrogens with zero attached hydrogens (tertiary/aromatic N) is 1. The topological polar surface area (TPSA) is 64.6 Å². The maximum absolute atomic E-state index is 12.4. The summed E-state index contributed by atoms with van der Waals surface area (Å²) in [6.45, 7) is 7.73. The van der Waals surface area contributed by atoms with E-state index in [1.165, 1.54) is 24.0 Å². The van der Waals surface area contributed by atoms with Crippen molar-refractivity contribution < 1.29 is 9.90 Å². The number of rotatable bonds is 7. The number of hydrogen-bond acceptors (Lipinski definition) is 4. The molecule has 5 heteroatoms. The molecule has 0 saturated carbocycles. The maximum atomic E-state index is 12.4. The average molecular weight is 374 g/mol. The number of hydrogen-bond donors (Lipinski definition) is 3. The van der Waals surface area contributed by atoms with Crippen molar-refractivity contribution in [2.45, 2.75) is 58.2 Å². The molecule has 1 aromatic rings. The van der Waals surface area contributed by atoms with Gasteiger partial charge in [0.25, 0.3) is 0 Å². The molecule has 0 radical (unpaired) electrons. The first-order valence-electron chi connectivity index (χ1n) is 10.6. The zero-order chi connectivity index (χ0) is 19.1. The molecule has 0 aromatic heterocycles. The lowest BCUT2D eigenvalue weighted by molar-refractivity contribution is -0.122. The average Bonchev–Trinajstić information content (AvgIpc) is 2.69. The van der Waals surface area contributed by atoms with Crippen molar-refractivity contribution in [3.63, 3.8) is 0 Å². The molecule has 2 unspecified atom stereocenters. The largest absolute Gasteiger partial charge is 0.393 e. The van der Waals surface area contributed by atoms with Crippen LogP contribution in [0.1, 0.15) is 50.2 Å². The summed E-state index contributed by atoms with van der Waals surface area (Å²) in [4.78, 5) is 14.8. The first-order chi connectivity index (χ1) is 13.1. The molecule has 0 bridgehead atoms. The van der Waals surface area contributed by atoms with Gasteiger partial charge in [0.2, 0.25) is 5.91 Å². The van der Waals surface area contributed by atoms with Crippen LogP contribution in [0.15, 0.2) is 24.3 Å². The van der Waals surface area contributed by atoms with Gasteiger partial charge in [0.1, 0.15) is 0 Å². The Hall–Kier alpha value is -1.43. The van der Waals surface area contributed by atoms with E-state index < -0.39 is 0 Å². The predicted molar refractivity (Wildman–Crippen MR) is 108 cm³/mol. The molecule has 2 fully saturated rings. The number of nitrogens with one attached hydrogen (secondary N) is 2. The fourth-order valence-corrected chi connectivity index (χ4v) is 4.29. The third-order valence-corrected chi connectivity index (χ3v) is 6.19. The second-order valence-electron chi connectivity index (χ2n) is 8.34. The van der Waals surface area contributed by atoms with Crippen molar-refractivity contribution in [1.29, 1.82) is 0 Å². The molecule has 2 aliphatic heterocycles. The minimum Gasteiger partial charge on any atom is -0.393 e. The number of piperidine rings is 2. The lowest BCUT2D eigenvalue weighted by atomic mass is 9.85. The Morgan fingerprint density at radius 2 is 2.00 bits per heavy atom. The number of amides is 1. The summed E-state index contributed by atoms with van der Waals surface area (Å²) in [5.74, 6) is 1.20. The SMILES string of the molecule is CC(CC(=O)NCc1ccccc1CN1CCC(O)CC1)C1CCCNC1. The van der Waals surface area contributed by atoms with Gasteiger partial charge >= 0.3 is 0 Å². The van der Waals surface area contributed by atoms with Gasteiger partial charge in [0.15, 0.2) is 0 Å². The summed E-state index contributed by atoms with van der Waals surface area (Å²) in [6.07, 6.45) is 4.63. The summed E-state index contributed by atoms with van der Waals surface area (Å²) in [6, 6.07) is 8.38. The first kappa shape index (κ1) is 20.3. The molecule has 0 aliphatic carbocycles. The van der Waals surface area contributed by atoms with Crippen LogP contribution in [0.3, 0.4) is 0 Å². The van der Waals surface area contributed by atoms with E-state index in [2.05, 4.69) is 40.7 Å². The molecule has 1 aromatic carbocycles. The lowest BCUT2D eigenvalue weighted by Crippen LogP contribution is -2.36. The highest BCUT2D eigenvalue weighted by atomic mass is 16.3. The Labute approximate surface area is 163 Å². The predicted octanol–water partition coefficient (Wildman–Crippen LogP) is 2.29. The fraction of sp³-hybridized carbons (Fsp3) is 0.682. The summed E-state index contributed by atoms with van der Waals surface area (Å²) in [5, 5.41) is 16.3. The van der Waals surface area contributed by atoms with E-state index in [-0.39, 0.29) is 12.0 Å². The first-order valence-corrected chi connectivity index (χ1v) is 10.6. The van der Waals surface area contributed by atoms with Crippen LogP contribution >= 0.6 is 0 Å². The van der Waals surface area contributed by atoms with Crippen LogP contribution in [0.25, 0.3) is 0 Å². The zero-order valence-electron chi connectivity index (χ0n) is 16.6. The van der Waals surface area contributed by atoms with Crippen molar-refractivity contribution in [3.8, 4) is 0 Å². The number of carbonyl (C=O) groups is 1. The molecule has 1 amide bonds. The van der Waals surface area contributed by atoms with Crippen molar-refractivity contribution in [2.75, 3.05) is 26.2 Å². The van der Waals surface area contributed by atoms with Crippen LogP contribution in [0.5, 0.6) is 0 Å². The molecule has 150 valence electrons. The number of aliphatic hydroxyl groups is 1. The van der Waals surface area contributed by atoms with Gasteiger partial charge in [0.05, 0.1) is 6.10 Å². The molecule has 3 rings (SSSR count). The normalized spacial score (nSPS) is 23.1. The Balaban J connectivity index is 1.48. The second kappa shape index (κ2) is 10.2. The zero-order valence-corrected chi connectivity index (χ0v) is 16.6. The second-order valence-corrected chi connectivity index (χ2v) is 8.34. The van der Waals surface area contributed by atoms with Gasteiger partial charge in [-0.25, -0.2) is 0 Å². The Bertz CT molecular complexity index is 593. The number of carbonyl (C=O) groups excluding carboxylic acids is 1. The minimum atomic E-state index is -0.142. The Kier molecular flexibility index (Phi) is 7.68. The lowest BCUT2D eigenvalue weighted by Gasteiger charge is -2.30. The molecule has 2 atom stereocenters. The maximum Gasteiger partial charge on any atom is 0.220 e. The van der Waals surface area contributed by atoms with E-state index in [0.29, 0.717) is 24.8 Å². The molecule has 3 N–H and O–H groups in total. The molecule has 2 saturated heterocycles. The molecule has 5 nitrogen and oxygen atoms in total. The summed E-state index contributed by atoms with van der Waals surface area (Å²) in [7, 11) is 0. The number of likely N-dealkylation sites (tertiary alicyclic amines) is 1. The summed E-state index contributed by atoms with van der Waals surface area (Å²) < 4.78 is 0. The smallest absolute Gasteiger partial charge is 0.220 e. The van der Waals surface area contributed by atoms with Gasteiger partial charge in [-0.2, -0.15) is 0 Å². The van der Waals surface area contributed by atoms with Crippen molar-refractivity contribution in [1.82, 2.24) is 15.5 Å². The fourth-order valence-electron chi connectivity index (χ4n) is 4.29. The van der Waals surface area contributed by atoms with Crippen molar-refractivity contribution >= 4 is 5.91 Å². The molecular formula is C22H35N3O2. The molecule has 2 heterocycles. The van der Waals surface area contributed by atoms with Crippen LogP contribution in [-0.2, 0) is 17.9 Å². The minimum absolute atomic E-state index is 0.142. The van der Waals surface area contributed by atoms with E-state index in [0.717, 1.165) is 45.6 Å². The molecular weight excluding hydrogens is 338 g/mol. The van der Waals surface area contributed by atoms with Gasteiger partial charge in [0, 0.05) is 32.6 Å². The van der Waals surface area contributed by atoms with Crippen LogP contribution in [0, 0.1) is 11.8 Å². The van der Waals surface area contributed by atoms with E-state index in [4.69, 9.17) is 0 Å². The van der Waals surface area contributed by atoms with Crippen molar-refractivity contribution in [2.24, 2.45) is 11.8 Å². The van der Waals surface area contributed by atoms with E-state index >= 15 is 0 Å².